The van der Waals surface area contributed by atoms with Gasteiger partial charge in [-0.25, -0.2) is 0 Å². The van der Waals surface area contributed by atoms with E-state index in [0.717, 1.165) is 12.0 Å². The zero-order valence-corrected chi connectivity index (χ0v) is 10.1. The van der Waals surface area contributed by atoms with Crippen molar-refractivity contribution in [1.29, 1.82) is 5.26 Å². The maximum absolute atomic E-state index is 8.83. The van der Waals surface area contributed by atoms with Crippen LogP contribution in [0.25, 0.3) is 0 Å². The van der Waals surface area contributed by atoms with Crippen molar-refractivity contribution in [3.05, 3.63) is 35.4 Å². The molecule has 0 aliphatic rings. The Morgan fingerprint density at radius 3 is 2.59 bits per heavy atom. The first kappa shape index (κ1) is 13.2. The monoisotopic (exact) mass is 231 g/mol. The molecule has 0 saturated heterocycles. The number of nitrogens with one attached hydrogen (secondary N) is 1. The van der Waals surface area contributed by atoms with Gasteiger partial charge in [-0.1, -0.05) is 36.3 Å². The molecule has 0 radical (unpaired) electrons. The lowest BCUT2D eigenvalue weighted by atomic mass is 10.0. The Morgan fingerprint density at radius 1 is 1.47 bits per heavy atom. The van der Waals surface area contributed by atoms with Gasteiger partial charge in [-0.3, -0.25) is 5.32 Å². The van der Waals surface area contributed by atoms with E-state index < -0.39 is 0 Å². The largest absolute Gasteiger partial charge is 0.411 e. The van der Waals surface area contributed by atoms with Gasteiger partial charge < -0.3 is 5.21 Å². The molecule has 1 rings (SSSR count). The van der Waals surface area contributed by atoms with E-state index in [1.807, 2.05) is 30.3 Å². The Kier molecular flexibility index (Phi) is 5.18. The number of oxime groups is 1. The van der Waals surface area contributed by atoms with Crippen molar-refractivity contribution in [1.82, 2.24) is 5.32 Å². The van der Waals surface area contributed by atoms with Crippen molar-refractivity contribution < 1.29 is 5.21 Å². The summed E-state index contributed by atoms with van der Waals surface area (Å²) in [5.41, 5.74) is 2.80. The second-order valence-corrected chi connectivity index (χ2v) is 3.81. The molecular formula is C13H17N3O. The van der Waals surface area contributed by atoms with Crippen molar-refractivity contribution in [3.8, 4) is 6.07 Å². The highest BCUT2D eigenvalue weighted by Gasteiger charge is 2.14. The molecule has 0 bridgehead atoms. The Bertz CT molecular complexity index is 417. The van der Waals surface area contributed by atoms with E-state index in [1.165, 1.54) is 5.56 Å². The topological polar surface area (TPSA) is 68.4 Å². The number of hydrogen-bond donors (Lipinski definition) is 2. The quantitative estimate of drug-likeness (QED) is 0.353. The summed E-state index contributed by atoms with van der Waals surface area (Å²) < 4.78 is 0. The van der Waals surface area contributed by atoms with E-state index >= 15 is 0 Å². The normalized spacial score (nSPS) is 13.1. The van der Waals surface area contributed by atoms with Crippen molar-refractivity contribution in [3.63, 3.8) is 0 Å². The summed E-state index contributed by atoms with van der Waals surface area (Å²) in [6.07, 6.45) is 0.990. The van der Waals surface area contributed by atoms with Gasteiger partial charge in [0.2, 0.25) is 0 Å². The van der Waals surface area contributed by atoms with Crippen LogP contribution in [0.15, 0.2) is 29.4 Å². The van der Waals surface area contributed by atoms with Gasteiger partial charge in [-0.15, -0.1) is 0 Å². The van der Waals surface area contributed by atoms with Crippen LogP contribution in [0.2, 0.25) is 0 Å². The fraction of sp³-hybridized carbons (Fsp3) is 0.385. The van der Waals surface area contributed by atoms with Crippen molar-refractivity contribution in [2.45, 2.75) is 26.3 Å². The molecule has 90 valence electrons. The van der Waals surface area contributed by atoms with Crippen LogP contribution in [0.4, 0.5) is 0 Å². The first-order chi connectivity index (χ1) is 8.22. The zero-order chi connectivity index (χ0) is 12.7. The Morgan fingerprint density at radius 2 is 2.12 bits per heavy atom. The summed E-state index contributed by atoms with van der Waals surface area (Å²) in [5, 5.41) is 23.6. The zero-order valence-electron chi connectivity index (χ0n) is 10.1. The molecule has 0 aliphatic heterocycles. The first-order valence-corrected chi connectivity index (χ1v) is 5.60. The lowest BCUT2D eigenvalue weighted by Gasteiger charge is -2.16. The minimum Gasteiger partial charge on any atom is -0.411 e. The molecule has 0 aliphatic carbocycles. The van der Waals surface area contributed by atoms with E-state index in [0.29, 0.717) is 5.71 Å². The molecule has 1 unspecified atom stereocenters. The molecule has 0 amide bonds. The second-order valence-electron chi connectivity index (χ2n) is 3.81. The van der Waals surface area contributed by atoms with Gasteiger partial charge in [0.05, 0.1) is 24.4 Å². The van der Waals surface area contributed by atoms with E-state index in [1.54, 1.807) is 6.92 Å². The average molecular weight is 231 g/mol. The number of hydrogen-bond acceptors (Lipinski definition) is 4. The van der Waals surface area contributed by atoms with Gasteiger partial charge >= 0.3 is 0 Å². The number of nitriles is 1. The maximum atomic E-state index is 8.83. The van der Waals surface area contributed by atoms with Crippen LogP contribution in [0.1, 0.15) is 31.0 Å². The molecule has 0 spiro atoms. The molecule has 0 heterocycles. The van der Waals surface area contributed by atoms with Crippen molar-refractivity contribution in [2.24, 2.45) is 5.16 Å². The highest BCUT2D eigenvalue weighted by atomic mass is 16.4. The van der Waals surface area contributed by atoms with Crippen LogP contribution >= 0.6 is 0 Å². The molecule has 0 aromatic heterocycles. The molecule has 4 heteroatoms. The molecule has 1 aromatic rings. The predicted molar refractivity (Wildman–Crippen MR) is 67.1 cm³/mol. The van der Waals surface area contributed by atoms with Gasteiger partial charge in [-0.05, 0) is 24.5 Å². The minimum atomic E-state index is -0.217. The summed E-state index contributed by atoms with van der Waals surface area (Å²) in [5.74, 6) is 0. The third-order valence-corrected chi connectivity index (χ3v) is 2.68. The maximum Gasteiger partial charge on any atom is 0.0848 e. The third-order valence-electron chi connectivity index (χ3n) is 2.68. The summed E-state index contributed by atoms with van der Waals surface area (Å²) in [6.45, 7) is 4.04. The molecular weight excluding hydrogens is 214 g/mol. The van der Waals surface area contributed by atoms with E-state index in [4.69, 9.17) is 10.5 Å². The summed E-state index contributed by atoms with van der Waals surface area (Å²) >= 11 is 0. The van der Waals surface area contributed by atoms with Gasteiger partial charge in [0.25, 0.3) is 0 Å². The minimum absolute atomic E-state index is 0.215. The van der Waals surface area contributed by atoms with Gasteiger partial charge in [-0.2, -0.15) is 5.26 Å². The Balaban J connectivity index is 2.92. The fourth-order valence-electron chi connectivity index (χ4n) is 1.66. The van der Waals surface area contributed by atoms with Gasteiger partial charge in [0, 0.05) is 0 Å². The number of rotatable bonds is 5. The van der Waals surface area contributed by atoms with Gasteiger partial charge in [0.1, 0.15) is 0 Å². The molecule has 0 fully saturated rings. The molecule has 17 heavy (non-hydrogen) atoms. The molecule has 1 atom stereocenters. The second kappa shape index (κ2) is 6.66. The summed E-state index contributed by atoms with van der Waals surface area (Å²) in [7, 11) is 0. The smallest absolute Gasteiger partial charge is 0.0848 e. The fourth-order valence-corrected chi connectivity index (χ4v) is 1.66. The van der Waals surface area contributed by atoms with Crippen LogP contribution in [-0.2, 0) is 6.42 Å². The summed E-state index contributed by atoms with van der Waals surface area (Å²) in [6, 6.07) is 9.87. The first-order valence-electron chi connectivity index (χ1n) is 5.60. The predicted octanol–water partition coefficient (Wildman–Crippen LogP) is 2.25. The van der Waals surface area contributed by atoms with Gasteiger partial charge in [0.15, 0.2) is 0 Å². The number of nitrogens with zero attached hydrogens (tertiary/aromatic N) is 2. The Labute approximate surface area is 102 Å². The van der Waals surface area contributed by atoms with Crippen LogP contribution in [0, 0.1) is 11.3 Å². The lowest BCUT2D eigenvalue weighted by molar-refractivity contribution is 0.315. The highest BCUT2D eigenvalue weighted by Crippen LogP contribution is 2.16. The van der Waals surface area contributed by atoms with E-state index in [9.17, 15) is 0 Å². The van der Waals surface area contributed by atoms with Crippen molar-refractivity contribution in [2.75, 3.05) is 6.54 Å². The van der Waals surface area contributed by atoms with Crippen LogP contribution in [0.5, 0.6) is 0 Å². The molecule has 1 aromatic carbocycles. The lowest BCUT2D eigenvalue weighted by Crippen LogP contribution is -2.27. The molecule has 0 saturated carbocycles. The Hall–Kier alpha value is -1.86. The third kappa shape index (κ3) is 3.58. The van der Waals surface area contributed by atoms with E-state index in [2.05, 4.69) is 17.4 Å². The van der Waals surface area contributed by atoms with Crippen LogP contribution in [-0.4, -0.2) is 17.5 Å². The van der Waals surface area contributed by atoms with Crippen molar-refractivity contribution >= 4 is 5.71 Å². The number of benzene rings is 1. The molecule has 2 N–H and O–H groups in total. The SMILES string of the molecule is CCc1ccc(C(NCC#N)/C(C)=N/O)cc1. The standard InChI is InChI=1S/C13H17N3O/c1-3-11-4-6-12(7-5-11)13(10(2)16-17)15-9-8-14/h4-7,13,15,17H,3,9H2,1-2H3/b16-10+. The van der Waals surface area contributed by atoms with Crippen LogP contribution in [0.3, 0.4) is 0 Å². The summed E-state index contributed by atoms with van der Waals surface area (Å²) in [4.78, 5) is 0. The molecule has 4 nitrogen and oxygen atoms in total. The van der Waals surface area contributed by atoms with E-state index in [-0.39, 0.29) is 12.6 Å². The highest BCUT2D eigenvalue weighted by molar-refractivity contribution is 5.87. The average Bonchev–Trinajstić information content (AvgIpc) is 2.39. The number of aryl methyl sites for hydroxylation is 1. The van der Waals surface area contributed by atoms with Crippen LogP contribution < -0.4 is 5.32 Å².